The third-order valence-electron chi connectivity index (χ3n) is 5.71. The third-order valence-corrected chi connectivity index (χ3v) is 5.71. The highest BCUT2D eigenvalue weighted by atomic mass is 19.1. The lowest BCUT2D eigenvalue weighted by Crippen LogP contribution is -2.07. The zero-order valence-electron chi connectivity index (χ0n) is 19.2. The van der Waals surface area contributed by atoms with Crippen LogP contribution in [0, 0.1) is 15.9 Å². The molecule has 0 fully saturated rings. The molecule has 4 aromatic rings. The van der Waals surface area contributed by atoms with E-state index in [1.807, 2.05) is 30.3 Å². The van der Waals surface area contributed by atoms with Gasteiger partial charge in [-0.25, -0.2) is 9.18 Å². The van der Waals surface area contributed by atoms with Gasteiger partial charge < -0.3 is 10.4 Å². The number of carbonyl (C=O) groups is 1. The van der Waals surface area contributed by atoms with E-state index in [1.165, 1.54) is 24.3 Å². The van der Waals surface area contributed by atoms with Crippen LogP contribution in [0.2, 0.25) is 0 Å². The molecule has 4 rings (SSSR count). The van der Waals surface area contributed by atoms with Gasteiger partial charge in [0.15, 0.2) is 0 Å². The minimum Gasteiger partial charge on any atom is -0.478 e. The van der Waals surface area contributed by atoms with Gasteiger partial charge >= 0.3 is 5.97 Å². The smallest absolute Gasteiger partial charge is 0.336 e. The molecule has 6 nitrogen and oxygen atoms in total. The van der Waals surface area contributed by atoms with Crippen LogP contribution in [0.4, 0.5) is 15.8 Å². The fourth-order valence-corrected chi connectivity index (χ4v) is 3.84. The van der Waals surface area contributed by atoms with Gasteiger partial charge in [0.05, 0.1) is 10.5 Å². The molecule has 0 spiro atoms. The molecule has 0 radical (unpaired) electrons. The molecular weight excluding hydrogens is 459 g/mol. The maximum absolute atomic E-state index is 13.3. The van der Waals surface area contributed by atoms with E-state index in [4.69, 9.17) is 0 Å². The van der Waals surface area contributed by atoms with Crippen molar-refractivity contribution in [3.8, 4) is 11.1 Å². The standard InChI is InChI=1S/C29H23FN2O4/c30-25-12-9-22(10-13-25)23-11-14-26(29(33)34)24(19-23)8-6-21-7-15-27(28(18-21)32(35)36)31-17-16-20-4-2-1-3-5-20/h1-15,18-19,31H,16-17H2,(H,33,34)/b8-6+. The molecule has 0 aliphatic carbocycles. The lowest BCUT2D eigenvalue weighted by atomic mass is 9.98. The summed E-state index contributed by atoms with van der Waals surface area (Å²) < 4.78 is 13.3. The van der Waals surface area contributed by atoms with Gasteiger partial charge in [-0.05, 0) is 64.6 Å². The topological polar surface area (TPSA) is 92.5 Å². The number of anilines is 1. The highest BCUT2D eigenvalue weighted by Crippen LogP contribution is 2.28. The molecule has 0 bridgehead atoms. The zero-order valence-corrected chi connectivity index (χ0v) is 19.2. The van der Waals surface area contributed by atoms with Crippen LogP contribution in [-0.4, -0.2) is 22.5 Å². The second-order valence-corrected chi connectivity index (χ2v) is 8.14. The number of carboxylic acid groups (broad SMARTS) is 1. The van der Waals surface area contributed by atoms with Crippen molar-refractivity contribution in [2.24, 2.45) is 0 Å². The molecule has 2 N–H and O–H groups in total. The lowest BCUT2D eigenvalue weighted by Gasteiger charge is -2.09. The average Bonchev–Trinajstić information content (AvgIpc) is 2.88. The number of hydrogen-bond donors (Lipinski definition) is 2. The number of benzene rings is 4. The lowest BCUT2D eigenvalue weighted by molar-refractivity contribution is -0.384. The quantitative estimate of drug-likeness (QED) is 0.153. The highest BCUT2D eigenvalue weighted by molar-refractivity contribution is 5.94. The van der Waals surface area contributed by atoms with Gasteiger partial charge in [-0.15, -0.1) is 0 Å². The number of nitrogens with zero attached hydrogens (tertiary/aromatic N) is 1. The van der Waals surface area contributed by atoms with E-state index in [1.54, 1.807) is 48.6 Å². The first-order chi connectivity index (χ1) is 17.4. The molecule has 0 unspecified atom stereocenters. The fraction of sp³-hybridized carbons (Fsp3) is 0.0690. The van der Waals surface area contributed by atoms with Crippen molar-refractivity contribution in [3.63, 3.8) is 0 Å². The van der Waals surface area contributed by atoms with Gasteiger partial charge in [0, 0.05) is 12.6 Å². The summed E-state index contributed by atoms with van der Waals surface area (Å²) in [6, 6.07) is 25.4. The van der Waals surface area contributed by atoms with Gasteiger partial charge in [0.2, 0.25) is 0 Å². The largest absolute Gasteiger partial charge is 0.478 e. The first kappa shape index (κ1) is 24.3. The molecule has 0 saturated heterocycles. The molecule has 4 aromatic carbocycles. The number of nitro benzene ring substituents is 1. The van der Waals surface area contributed by atoms with Crippen LogP contribution in [0.1, 0.15) is 27.0 Å². The summed E-state index contributed by atoms with van der Waals surface area (Å²) in [4.78, 5) is 23.0. The summed E-state index contributed by atoms with van der Waals surface area (Å²) in [6.07, 6.45) is 3.97. The molecule has 0 heterocycles. The second kappa shape index (κ2) is 11.1. The van der Waals surface area contributed by atoms with Gasteiger partial charge in [0.1, 0.15) is 11.5 Å². The predicted molar refractivity (Wildman–Crippen MR) is 139 cm³/mol. The van der Waals surface area contributed by atoms with Crippen LogP contribution in [0.5, 0.6) is 0 Å². The van der Waals surface area contributed by atoms with Gasteiger partial charge in [0.25, 0.3) is 5.69 Å². The number of nitrogens with one attached hydrogen (secondary N) is 1. The SMILES string of the molecule is O=C(O)c1ccc(-c2ccc(F)cc2)cc1/C=C/c1ccc(NCCc2ccccc2)c([N+](=O)[O-])c1. The molecule has 0 atom stereocenters. The summed E-state index contributed by atoms with van der Waals surface area (Å²) in [7, 11) is 0. The van der Waals surface area contributed by atoms with Crippen molar-refractivity contribution in [1.29, 1.82) is 0 Å². The number of aromatic carboxylic acids is 1. The Morgan fingerprint density at radius 1 is 0.917 bits per heavy atom. The summed E-state index contributed by atoms with van der Waals surface area (Å²) in [5.41, 5.74) is 4.01. The molecule has 0 saturated carbocycles. The monoisotopic (exact) mass is 482 g/mol. The Bertz CT molecular complexity index is 1420. The Balaban J connectivity index is 1.57. The summed E-state index contributed by atoms with van der Waals surface area (Å²) in [5, 5.41) is 24.4. The third kappa shape index (κ3) is 6.01. The first-order valence-electron chi connectivity index (χ1n) is 11.3. The van der Waals surface area contributed by atoms with E-state index < -0.39 is 10.9 Å². The minimum atomic E-state index is -1.09. The molecule has 0 aromatic heterocycles. The van der Waals surface area contributed by atoms with Crippen molar-refractivity contribution in [3.05, 3.63) is 129 Å². The molecule has 36 heavy (non-hydrogen) atoms. The van der Waals surface area contributed by atoms with Crippen molar-refractivity contribution in [1.82, 2.24) is 0 Å². The molecule has 0 aliphatic rings. The molecule has 180 valence electrons. The summed E-state index contributed by atoms with van der Waals surface area (Å²) in [5.74, 6) is -1.45. The Morgan fingerprint density at radius 3 is 2.33 bits per heavy atom. The molecule has 0 amide bonds. The Morgan fingerprint density at radius 2 is 1.64 bits per heavy atom. The zero-order chi connectivity index (χ0) is 25.5. The van der Waals surface area contributed by atoms with E-state index in [0.717, 1.165) is 23.1 Å². The van der Waals surface area contributed by atoms with Crippen LogP contribution >= 0.6 is 0 Å². The summed E-state index contributed by atoms with van der Waals surface area (Å²) in [6.45, 7) is 0.540. The number of rotatable bonds is 9. The fourth-order valence-electron chi connectivity index (χ4n) is 3.84. The van der Waals surface area contributed by atoms with Crippen molar-refractivity contribution in [2.75, 3.05) is 11.9 Å². The van der Waals surface area contributed by atoms with E-state index >= 15 is 0 Å². The van der Waals surface area contributed by atoms with E-state index in [0.29, 0.717) is 23.4 Å². The van der Waals surface area contributed by atoms with Crippen molar-refractivity contribution in [2.45, 2.75) is 6.42 Å². The maximum atomic E-state index is 13.3. The van der Waals surface area contributed by atoms with E-state index in [-0.39, 0.29) is 17.1 Å². The highest BCUT2D eigenvalue weighted by Gasteiger charge is 2.14. The first-order valence-corrected chi connectivity index (χ1v) is 11.3. The molecule has 0 aliphatic heterocycles. The van der Waals surface area contributed by atoms with E-state index in [9.17, 15) is 24.4 Å². The minimum absolute atomic E-state index is 0.0660. The number of carboxylic acids is 1. The van der Waals surface area contributed by atoms with E-state index in [2.05, 4.69) is 5.32 Å². The molecule has 7 heteroatoms. The van der Waals surface area contributed by atoms with Crippen LogP contribution in [0.3, 0.4) is 0 Å². The van der Waals surface area contributed by atoms with Gasteiger partial charge in [-0.1, -0.05) is 66.7 Å². The van der Waals surface area contributed by atoms with Crippen LogP contribution < -0.4 is 5.32 Å². The maximum Gasteiger partial charge on any atom is 0.336 e. The van der Waals surface area contributed by atoms with Gasteiger partial charge in [-0.3, -0.25) is 10.1 Å². The average molecular weight is 483 g/mol. The van der Waals surface area contributed by atoms with Gasteiger partial charge in [-0.2, -0.15) is 0 Å². The van der Waals surface area contributed by atoms with Crippen LogP contribution in [-0.2, 0) is 6.42 Å². The number of nitro groups is 1. The van der Waals surface area contributed by atoms with Crippen molar-refractivity contribution < 1.29 is 19.2 Å². The predicted octanol–water partition coefficient (Wildman–Crippen LogP) is 6.92. The number of halogens is 1. The Hall–Kier alpha value is -4.78. The Labute approximate surface area is 207 Å². The van der Waals surface area contributed by atoms with Crippen LogP contribution in [0.15, 0.2) is 91.0 Å². The Kier molecular flexibility index (Phi) is 7.51. The van der Waals surface area contributed by atoms with Crippen LogP contribution in [0.25, 0.3) is 23.3 Å². The summed E-state index contributed by atoms with van der Waals surface area (Å²) >= 11 is 0. The number of hydrogen-bond acceptors (Lipinski definition) is 4. The second-order valence-electron chi connectivity index (χ2n) is 8.14. The normalized spacial score (nSPS) is 10.9. The molecular formula is C29H23FN2O4. The van der Waals surface area contributed by atoms with Crippen molar-refractivity contribution >= 4 is 29.5 Å².